The van der Waals surface area contributed by atoms with E-state index in [1.807, 2.05) is 0 Å². The highest BCUT2D eigenvalue weighted by atomic mass is 35.5. The van der Waals surface area contributed by atoms with Gasteiger partial charge in [-0.25, -0.2) is 0 Å². The van der Waals surface area contributed by atoms with Crippen LogP contribution in [0.4, 0.5) is 5.69 Å². The molecule has 0 saturated heterocycles. The average molecular weight is 267 g/mol. The lowest BCUT2D eigenvalue weighted by Crippen LogP contribution is -2.37. The van der Waals surface area contributed by atoms with Crippen molar-refractivity contribution in [2.45, 2.75) is 32.7 Å². The van der Waals surface area contributed by atoms with Gasteiger partial charge in [0.05, 0.1) is 16.3 Å². The molecule has 1 amide bonds. The summed E-state index contributed by atoms with van der Waals surface area (Å²) in [5, 5.41) is 3.49. The second-order valence-corrected chi connectivity index (χ2v) is 5.60. The summed E-state index contributed by atoms with van der Waals surface area (Å²) >= 11 is 5.92. The zero-order valence-electron chi connectivity index (χ0n) is 10.7. The third kappa shape index (κ3) is 2.46. The maximum atomic E-state index is 12.2. The van der Waals surface area contributed by atoms with E-state index >= 15 is 0 Å². The molecule has 1 aliphatic carbocycles. The van der Waals surface area contributed by atoms with Crippen molar-refractivity contribution in [1.82, 2.24) is 5.32 Å². The highest BCUT2D eigenvalue weighted by molar-refractivity contribution is 6.33. The van der Waals surface area contributed by atoms with Crippen LogP contribution >= 0.6 is 11.6 Å². The molecule has 0 bridgehead atoms. The zero-order chi connectivity index (χ0) is 13.3. The number of hydrogen-bond donors (Lipinski definition) is 2. The molecule has 3 unspecified atom stereocenters. The molecule has 3 N–H and O–H groups in total. The van der Waals surface area contributed by atoms with Crippen molar-refractivity contribution in [2.75, 3.05) is 5.73 Å². The first-order valence-corrected chi connectivity index (χ1v) is 6.73. The van der Waals surface area contributed by atoms with Crippen LogP contribution in [0, 0.1) is 11.8 Å². The monoisotopic (exact) mass is 266 g/mol. The van der Waals surface area contributed by atoms with E-state index in [0.717, 1.165) is 12.8 Å². The van der Waals surface area contributed by atoms with Gasteiger partial charge in [-0.2, -0.15) is 0 Å². The van der Waals surface area contributed by atoms with E-state index in [2.05, 4.69) is 19.2 Å². The zero-order valence-corrected chi connectivity index (χ0v) is 11.5. The van der Waals surface area contributed by atoms with Crippen LogP contribution in [0.2, 0.25) is 5.02 Å². The van der Waals surface area contributed by atoms with Crippen LogP contribution in [-0.2, 0) is 0 Å². The molecule has 4 heteroatoms. The summed E-state index contributed by atoms with van der Waals surface area (Å²) < 4.78 is 0. The third-order valence-corrected chi connectivity index (χ3v) is 4.41. The van der Waals surface area contributed by atoms with E-state index in [1.165, 1.54) is 0 Å². The lowest BCUT2D eigenvalue weighted by molar-refractivity contribution is 0.0928. The first kappa shape index (κ1) is 13.2. The number of carbonyl (C=O) groups is 1. The summed E-state index contributed by atoms with van der Waals surface area (Å²) in [5.74, 6) is 1.04. The molecule has 1 fully saturated rings. The second-order valence-electron chi connectivity index (χ2n) is 5.19. The van der Waals surface area contributed by atoms with Gasteiger partial charge in [-0.1, -0.05) is 31.5 Å². The maximum absolute atomic E-state index is 12.2. The van der Waals surface area contributed by atoms with Crippen molar-refractivity contribution in [2.24, 2.45) is 11.8 Å². The Balaban J connectivity index is 2.11. The number of halogens is 1. The van der Waals surface area contributed by atoms with Crippen LogP contribution < -0.4 is 11.1 Å². The largest absolute Gasteiger partial charge is 0.397 e. The van der Waals surface area contributed by atoms with Crippen molar-refractivity contribution < 1.29 is 4.79 Å². The van der Waals surface area contributed by atoms with Gasteiger partial charge >= 0.3 is 0 Å². The van der Waals surface area contributed by atoms with E-state index in [9.17, 15) is 4.79 Å². The molecule has 0 aromatic heterocycles. The number of anilines is 1. The topological polar surface area (TPSA) is 55.1 Å². The number of amides is 1. The quantitative estimate of drug-likeness (QED) is 0.809. The third-order valence-electron chi connectivity index (χ3n) is 4.08. The maximum Gasteiger partial charge on any atom is 0.253 e. The van der Waals surface area contributed by atoms with E-state index in [-0.39, 0.29) is 11.9 Å². The average Bonchev–Trinajstić information content (AvgIpc) is 2.64. The van der Waals surface area contributed by atoms with Gasteiger partial charge in [0.2, 0.25) is 0 Å². The highest BCUT2D eigenvalue weighted by Gasteiger charge is 2.31. The number of rotatable bonds is 2. The summed E-state index contributed by atoms with van der Waals surface area (Å²) in [5.41, 5.74) is 6.65. The predicted octanol–water partition coefficient (Wildman–Crippen LogP) is 3.09. The normalized spacial score (nSPS) is 27.2. The SMILES string of the molecule is CC1CCC(NC(=O)c2cccc(Cl)c2N)C1C. The molecule has 0 aliphatic heterocycles. The molecular weight excluding hydrogens is 248 g/mol. The number of carbonyl (C=O) groups excluding carboxylic acids is 1. The minimum absolute atomic E-state index is 0.124. The number of nitrogen functional groups attached to an aromatic ring is 1. The lowest BCUT2D eigenvalue weighted by Gasteiger charge is -2.20. The van der Waals surface area contributed by atoms with Crippen molar-refractivity contribution in [3.8, 4) is 0 Å². The molecule has 0 heterocycles. The summed E-state index contributed by atoms with van der Waals surface area (Å²) in [6.07, 6.45) is 2.20. The first-order chi connectivity index (χ1) is 8.50. The van der Waals surface area contributed by atoms with Crippen molar-refractivity contribution >= 4 is 23.2 Å². The van der Waals surface area contributed by atoms with E-state index in [0.29, 0.717) is 28.1 Å². The van der Waals surface area contributed by atoms with Crippen molar-refractivity contribution in [1.29, 1.82) is 0 Å². The number of hydrogen-bond acceptors (Lipinski definition) is 2. The van der Waals surface area contributed by atoms with Gasteiger partial charge in [0, 0.05) is 6.04 Å². The van der Waals surface area contributed by atoms with E-state index in [4.69, 9.17) is 17.3 Å². The van der Waals surface area contributed by atoms with Crippen LogP contribution in [0.3, 0.4) is 0 Å². The van der Waals surface area contributed by atoms with Gasteiger partial charge in [0.15, 0.2) is 0 Å². The second kappa shape index (κ2) is 5.19. The predicted molar refractivity (Wildman–Crippen MR) is 74.7 cm³/mol. The number of para-hydroxylation sites is 1. The van der Waals surface area contributed by atoms with Crippen LogP contribution in [0.15, 0.2) is 18.2 Å². The standard InChI is InChI=1S/C14H19ClN2O/c1-8-6-7-12(9(8)2)17-14(18)10-4-3-5-11(15)13(10)16/h3-5,8-9,12H,6-7,16H2,1-2H3,(H,17,18). The minimum Gasteiger partial charge on any atom is -0.397 e. The molecule has 0 radical (unpaired) electrons. The molecule has 2 rings (SSSR count). The summed E-state index contributed by atoms with van der Waals surface area (Å²) in [6, 6.07) is 5.38. The molecule has 1 saturated carbocycles. The van der Waals surface area contributed by atoms with Crippen LogP contribution in [0.25, 0.3) is 0 Å². The minimum atomic E-state index is -0.124. The first-order valence-electron chi connectivity index (χ1n) is 6.35. The fraction of sp³-hybridized carbons (Fsp3) is 0.500. The molecule has 3 atom stereocenters. The number of nitrogens with two attached hydrogens (primary N) is 1. The van der Waals surface area contributed by atoms with Crippen LogP contribution in [0.5, 0.6) is 0 Å². The highest BCUT2D eigenvalue weighted by Crippen LogP contribution is 2.31. The fourth-order valence-corrected chi connectivity index (χ4v) is 2.72. The molecule has 3 nitrogen and oxygen atoms in total. The fourth-order valence-electron chi connectivity index (χ4n) is 2.55. The number of nitrogens with one attached hydrogen (secondary N) is 1. The molecule has 98 valence electrons. The Labute approximate surface area is 113 Å². The Morgan fingerprint density at radius 3 is 2.72 bits per heavy atom. The van der Waals surface area contributed by atoms with Crippen LogP contribution in [-0.4, -0.2) is 11.9 Å². The van der Waals surface area contributed by atoms with Crippen LogP contribution in [0.1, 0.15) is 37.0 Å². The van der Waals surface area contributed by atoms with Crippen molar-refractivity contribution in [3.63, 3.8) is 0 Å². The summed E-state index contributed by atoms with van der Waals surface area (Å²) in [6.45, 7) is 4.41. The lowest BCUT2D eigenvalue weighted by atomic mass is 9.97. The van der Waals surface area contributed by atoms with Crippen molar-refractivity contribution in [3.05, 3.63) is 28.8 Å². The Bertz CT molecular complexity index is 461. The summed E-state index contributed by atoms with van der Waals surface area (Å²) in [7, 11) is 0. The Hall–Kier alpha value is -1.22. The van der Waals surface area contributed by atoms with E-state index in [1.54, 1.807) is 18.2 Å². The molecule has 1 aliphatic rings. The number of benzene rings is 1. The smallest absolute Gasteiger partial charge is 0.253 e. The van der Waals surface area contributed by atoms with Gasteiger partial charge in [0.1, 0.15) is 0 Å². The van der Waals surface area contributed by atoms with E-state index < -0.39 is 0 Å². The summed E-state index contributed by atoms with van der Waals surface area (Å²) in [4.78, 5) is 12.2. The molecule has 18 heavy (non-hydrogen) atoms. The molecule has 1 aromatic rings. The molecular formula is C14H19ClN2O. The van der Waals surface area contributed by atoms with Gasteiger partial charge in [-0.05, 0) is 36.8 Å². The van der Waals surface area contributed by atoms with Gasteiger partial charge in [-0.15, -0.1) is 0 Å². The van der Waals surface area contributed by atoms with Gasteiger partial charge < -0.3 is 11.1 Å². The van der Waals surface area contributed by atoms with Gasteiger partial charge in [0.25, 0.3) is 5.91 Å². The molecule has 1 aromatic carbocycles. The Morgan fingerprint density at radius 2 is 2.11 bits per heavy atom. The Kier molecular flexibility index (Phi) is 3.81. The molecule has 0 spiro atoms. The van der Waals surface area contributed by atoms with Gasteiger partial charge in [-0.3, -0.25) is 4.79 Å². The Morgan fingerprint density at radius 1 is 1.39 bits per heavy atom.